The van der Waals surface area contributed by atoms with Crippen LogP contribution < -0.4 is 4.90 Å². The fraction of sp³-hybridized carbons (Fsp3) is 0.0476. The van der Waals surface area contributed by atoms with Crippen molar-refractivity contribution in [1.29, 1.82) is 0 Å². The highest BCUT2D eigenvalue weighted by Gasteiger charge is 2.36. The van der Waals surface area contributed by atoms with Crippen LogP contribution in [0.1, 0.15) is 25.0 Å². The summed E-state index contributed by atoms with van der Waals surface area (Å²) < 4.78 is 15.2. The maximum Gasteiger partial charge on any atom is 0.143 e. The highest BCUT2D eigenvalue weighted by molar-refractivity contribution is 6.11. The molecular formula is C63H42N2O2. The van der Waals surface area contributed by atoms with Crippen molar-refractivity contribution < 1.29 is 8.83 Å². The molecule has 4 heteroatoms. The number of furan rings is 2. The lowest BCUT2D eigenvalue weighted by molar-refractivity contribution is 0.660. The van der Waals surface area contributed by atoms with E-state index in [2.05, 4.69) is 217 Å². The Hall–Kier alpha value is -8.60. The van der Waals surface area contributed by atoms with Crippen LogP contribution in [0.15, 0.2) is 227 Å². The fourth-order valence-electron chi connectivity index (χ4n) is 11.1. The second-order valence-electron chi connectivity index (χ2n) is 18.5. The SMILES string of the molecule is CC1(C)c2cc(N(c3ccc(-c4ccc5c(c4)oc4ccccc45)cc3)c3ccc(-c4cccc5c4oc4ccccc45)cc3)ccc2-c2ccc(-n3c4ccccc4c4ccccc43)cc21. The molecule has 3 heterocycles. The van der Waals surface area contributed by atoms with E-state index in [0.29, 0.717) is 0 Å². The Morgan fingerprint density at radius 2 is 0.881 bits per heavy atom. The molecule has 10 aromatic carbocycles. The van der Waals surface area contributed by atoms with Crippen LogP contribution in [0.3, 0.4) is 0 Å². The molecule has 0 N–H and O–H groups in total. The number of aromatic nitrogens is 1. The van der Waals surface area contributed by atoms with E-state index in [1.807, 2.05) is 24.3 Å². The van der Waals surface area contributed by atoms with E-state index in [1.165, 1.54) is 49.7 Å². The van der Waals surface area contributed by atoms with Crippen molar-refractivity contribution in [3.8, 4) is 39.1 Å². The first-order valence-electron chi connectivity index (χ1n) is 23.1. The molecule has 4 nitrogen and oxygen atoms in total. The number of para-hydroxylation sites is 5. The van der Waals surface area contributed by atoms with Crippen LogP contribution in [-0.4, -0.2) is 4.57 Å². The van der Waals surface area contributed by atoms with Crippen molar-refractivity contribution in [2.45, 2.75) is 19.3 Å². The van der Waals surface area contributed by atoms with E-state index < -0.39 is 0 Å². The molecule has 0 saturated heterocycles. The lowest BCUT2D eigenvalue weighted by Gasteiger charge is -2.28. The minimum Gasteiger partial charge on any atom is -0.456 e. The molecule has 0 aliphatic heterocycles. The molecule has 67 heavy (non-hydrogen) atoms. The van der Waals surface area contributed by atoms with Crippen LogP contribution in [-0.2, 0) is 5.41 Å². The number of nitrogens with zero attached hydrogens (tertiary/aromatic N) is 2. The van der Waals surface area contributed by atoms with Gasteiger partial charge >= 0.3 is 0 Å². The second kappa shape index (κ2) is 14.2. The van der Waals surface area contributed by atoms with E-state index in [9.17, 15) is 0 Å². The van der Waals surface area contributed by atoms with E-state index >= 15 is 0 Å². The van der Waals surface area contributed by atoms with Gasteiger partial charge in [-0.2, -0.15) is 0 Å². The third-order valence-corrected chi connectivity index (χ3v) is 14.4. The number of fused-ring (bicyclic) bond motifs is 12. The van der Waals surface area contributed by atoms with E-state index in [0.717, 1.165) is 83.2 Å². The average Bonchev–Trinajstić information content (AvgIpc) is 4.11. The van der Waals surface area contributed by atoms with Gasteiger partial charge in [0.05, 0.1) is 11.0 Å². The molecule has 316 valence electrons. The predicted molar refractivity (Wildman–Crippen MR) is 278 cm³/mol. The van der Waals surface area contributed by atoms with Gasteiger partial charge in [-0.05, 0) is 124 Å². The Bertz CT molecular complexity index is 4070. The minimum atomic E-state index is -0.255. The molecule has 0 amide bonds. The van der Waals surface area contributed by atoms with Crippen molar-refractivity contribution in [2.75, 3.05) is 4.90 Å². The van der Waals surface area contributed by atoms with E-state index in [4.69, 9.17) is 8.83 Å². The summed E-state index contributed by atoms with van der Waals surface area (Å²) in [5.41, 5.74) is 19.9. The molecule has 1 aliphatic carbocycles. The van der Waals surface area contributed by atoms with Gasteiger partial charge in [-0.3, -0.25) is 0 Å². The van der Waals surface area contributed by atoms with E-state index in [-0.39, 0.29) is 5.41 Å². The zero-order chi connectivity index (χ0) is 44.4. The van der Waals surface area contributed by atoms with Gasteiger partial charge in [0.15, 0.2) is 0 Å². The predicted octanol–water partition coefficient (Wildman–Crippen LogP) is 17.7. The number of benzene rings is 10. The fourth-order valence-corrected chi connectivity index (χ4v) is 11.1. The summed E-state index contributed by atoms with van der Waals surface area (Å²) in [6.07, 6.45) is 0. The molecule has 1 aliphatic rings. The van der Waals surface area contributed by atoms with Gasteiger partial charge in [0, 0.05) is 66.0 Å². The summed E-state index contributed by atoms with van der Waals surface area (Å²) >= 11 is 0. The van der Waals surface area contributed by atoms with Crippen molar-refractivity contribution in [3.63, 3.8) is 0 Å². The first-order valence-corrected chi connectivity index (χ1v) is 23.1. The molecule has 13 aromatic rings. The topological polar surface area (TPSA) is 34.5 Å². The van der Waals surface area contributed by atoms with Gasteiger partial charge < -0.3 is 18.3 Å². The first-order chi connectivity index (χ1) is 33.0. The molecule has 0 bridgehead atoms. The average molecular weight is 859 g/mol. The van der Waals surface area contributed by atoms with Crippen molar-refractivity contribution in [2.24, 2.45) is 0 Å². The summed E-state index contributed by atoms with van der Waals surface area (Å²) in [7, 11) is 0. The molecule has 0 saturated carbocycles. The van der Waals surface area contributed by atoms with Gasteiger partial charge in [-0.15, -0.1) is 0 Å². The molecular weight excluding hydrogens is 817 g/mol. The van der Waals surface area contributed by atoms with Crippen molar-refractivity contribution >= 4 is 82.7 Å². The Morgan fingerprint density at radius 3 is 1.58 bits per heavy atom. The summed E-state index contributed by atoms with van der Waals surface area (Å²) in [5.74, 6) is 0. The molecule has 0 atom stereocenters. The lowest BCUT2D eigenvalue weighted by Crippen LogP contribution is -2.17. The van der Waals surface area contributed by atoms with Crippen molar-refractivity contribution in [1.82, 2.24) is 4.57 Å². The molecule has 0 fully saturated rings. The van der Waals surface area contributed by atoms with Gasteiger partial charge in [-0.1, -0.05) is 147 Å². The van der Waals surface area contributed by atoms with Gasteiger partial charge in [-0.25, -0.2) is 0 Å². The quantitative estimate of drug-likeness (QED) is 0.167. The lowest BCUT2D eigenvalue weighted by atomic mass is 9.82. The Balaban J connectivity index is 0.876. The number of hydrogen-bond donors (Lipinski definition) is 0. The first kappa shape index (κ1) is 37.7. The summed E-state index contributed by atoms with van der Waals surface area (Å²) in [4.78, 5) is 2.39. The maximum absolute atomic E-state index is 6.48. The van der Waals surface area contributed by atoms with Crippen LogP contribution in [0.2, 0.25) is 0 Å². The Morgan fingerprint density at radius 1 is 0.358 bits per heavy atom. The molecule has 0 unspecified atom stereocenters. The monoisotopic (exact) mass is 858 g/mol. The number of rotatable bonds is 6. The van der Waals surface area contributed by atoms with Crippen LogP contribution in [0.5, 0.6) is 0 Å². The summed E-state index contributed by atoms with van der Waals surface area (Å²) in [6.45, 7) is 4.76. The minimum absolute atomic E-state index is 0.255. The van der Waals surface area contributed by atoms with Gasteiger partial charge in [0.25, 0.3) is 0 Å². The standard InChI is InChI=1S/C63H42N2O2/c1-63(2)55-37-44(31-34-47(55)48-35-32-45(38-56(48)63)65-57-18-7-3-12-49(57)50-13-4-8-19-58(50)65)64(42-27-22-39(23-28-42)41-26-33-53-51-14-5-9-20-59(51)66-61(53)36-41)43-29-24-40(25-30-43)46-16-11-17-54-52-15-6-10-21-60(52)67-62(46)54/h3-38H,1-2H3. The summed E-state index contributed by atoms with van der Waals surface area (Å²) in [6, 6.07) is 79.0. The zero-order valence-electron chi connectivity index (χ0n) is 37.0. The molecule has 3 aromatic heterocycles. The molecule has 14 rings (SSSR count). The highest BCUT2D eigenvalue weighted by atomic mass is 16.3. The second-order valence-corrected chi connectivity index (χ2v) is 18.5. The smallest absolute Gasteiger partial charge is 0.143 e. The third-order valence-electron chi connectivity index (χ3n) is 14.4. The largest absolute Gasteiger partial charge is 0.456 e. The third kappa shape index (κ3) is 5.66. The number of anilines is 3. The Kier molecular flexibility index (Phi) is 8.00. The van der Waals surface area contributed by atoms with Gasteiger partial charge in [0.2, 0.25) is 0 Å². The molecule has 0 radical (unpaired) electrons. The van der Waals surface area contributed by atoms with E-state index in [1.54, 1.807) is 0 Å². The van der Waals surface area contributed by atoms with Crippen LogP contribution in [0.25, 0.3) is 105 Å². The maximum atomic E-state index is 6.48. The van der Waals surface area contributed by atoms with Crippen LogP contribution in [0, 0.1) is 0 Å². The summed E-state index contributed by atoms with van der Waals surface area (Å²) in [5, 5.41) is 7.07. The zero-order valence-corrected chi connectivity index (χ0v) is 37.0. The van der Waals surface area contributed by atoms with Crippen LogP contribution >= 0.6 is 0 Å². The molecule has 0 spiro atoms. The number of hydrogen-bond acceptors (Lipinski definition) is 3. The Labute approximate surface area is 387 Å². The normalized spacial score (nSPS) is 13.0. The van der Waals surface area contributed by atoms with Gasteiger partial charge in [0.1, 0.15) is 22.3 Å². The van der Waals surface area contributed by atoms with Crippen LogP contribution in [0.4, 0.5) is 17.1 Å². The highest BCUT2D eigenvalue weighted by Crippen LogP contribution is 2.52. The van der Waals surface area contributed by atoms with Crippen molar-refractivity contribution in [3.05, 3.63) is 230 Å².